The minimum Gasteiger partial charge on any atom is -0.310 e. The zero-order chi connectivity index (χ0) is 13.8. The second-order valence-electron chi connectivity index (χ2n) is 5.03. The summed E-state index contributed by atoms with van der Waals surface area (Å²) in [5.41, 5.74) is 4.58. The summed E-state index contributed by atoms with van der Waals surface area (Å²) in [5.74, 6) is 0. The van der Waals surface area contributed by atoms with Crippen LogP contribution in [0.5, 0.6) is 0 Å². The number of rotatable bonds is 4. The third kappa shape index (κ3) is 3.55. The van der Waals surface area contributed by atoms with E-state index in [0.717, 1.165) is 28.3 Å². The van der Waals surface area contributed by atoms with E-state index in [1.54, 1.807) is 6.20 Å². The molecule has 0 saturated carbocycles. The predicted octanol–water partition coefficient (Wildman–Crippen LogP) is 4.21. The zero-order valence-corrected chi connectivity index (χ0v) is 12.3. The molecule has 0 unspecified atom stereocenters. The highest BCUT2D eigenvalue weighted by atomic mass is 35.5. The summed E-state index contributed by atoms with van der Waals surface area (Å²) in [7, 11) is 0. The molecule has 0 atom stereocenters. The molecule has 1 aromatic heterocycles. The Balaban J connectivity index is 2.26. The Kier molecular flexibility index (Phi) is 4.56. The number of aryl methyl sites for hydroxylation is 1. The highest BCUT2D eigenvalue weighted by molar-refractivity contribution is 6.31. The van der Waals surface area contributed by atoms with Crippen LogP contribution in [0.25, 0.3) is 11.1 Å². The Morgan fingerprint density at radius 3 is 2.68 bits per heavy atom. The van der Waals surface area contributed by atoms with E-state index in [0.29, 0.717) is 6.04 Å². The fraction of sp³-hybridized carbons (Fsp3) is 0.312. The van der Waals surface area contributed by atoms with Crippen LogP contribution in [0, 0.1) is 6.92 Å². The minimum atomic E-state index is 0.455. The summed E-state index contributed by atoms with van der Waals surface area (Å²) in [5, 5.41) is 4.18. The Hall–Kier alpha value is -1.38. The third-order valence-electron chi connectivity index (χ3n) is 3.10. The molecule has 0 saturated heterocycles. The van der Waals surface area contributed by atoms with E-state index in [1.807, 2.05) is 18.3 Å². The molecule has 0 amide bonds. The highest BCUT2D eigenvalue weighted by Crippen LogP contribution is 2.27. The summed E-state index contributed by atoms with van der Waals surface area (Å²) in [6.07, 6.45) is 3.69. The molecule has 2 nitrogen and oxygen atoms in total. The SMILES string of the molecule is Cc1ccncc1-c1ccc(CNC(C)C)c(Cl)c1. The van der Waals surface area contributed by atoms with Crippen LogP contribution in [0.4, 0.5) is 0 Å². The molecule has 3 heteroatoms. The van der Waals surface area contributed by atoms with Crippen LogP contribution in [0.1, 0.15) is 25.0 Å². The van der Waals surface area contributed by atoms with Gasteiger partial charge >= 0.3 is 0 Å². The number of nitrogens with zero attached hydrogens (tertiary/aromatic N) is 1. The van der Waals surface area contributed by atoms with Crippen LogP contribution in [0.15, 0.2) is 36.7 Å². The van der Waals surface area contributed by atoms with Crippen molar-refractivity contribution in [3.05, 3.63) is 52.8 Å². The molecule has 0 radical (unpaired) electrons. The number of aromatic nitrogens is 1. The topological polar surface area (TPSA) is 24.9 Å². The molecular formula is C16H19ClN2. The Labute approximate surface area is 119 Å². The first-order valence-corrected chi connectivity index (χ1v) is 6.88. The monoisotopic (exact) mass is 274 g/mol. The summed E-state index contributed by atoms with van der Waals surface area (Å²) in [6, 6.07) is 8.67. The zero-order valence-electron chi connectivity index (χ0n) is 11.6. The lowest BCUT2D eigenvalue weighted by atomic mass is 10.0. The Morgan fingerprint density at radius 2 is 2.05 bits per heavy atom. The van der Waals surface area contributed by atoms with Crippen LogP contribution in [-0.2, 0) is 6.54 Å². The van der Waals surface area contributed by atoms with Crippen molar-refractivity contribution in [1.82, 2.24) is 10.3 Å². The summed E-state index contributed by atoms with van der Waals surface area (Å²) in [6.45, 7) is 7.13. The Bertz CT molecular complexity index is 564. The summed E-state index contributed by atoms with van der Waals surface area (Å²) < 4.78 is 0. The van der Waals surface area contributed by atoms with Gasteiger partial charge < -0.3 is 5.32 Å². The van der Waals surface area contributed by atoms with Crippen LogP contribution in [0.3, 0.4) is 0 Å². The van der Waals surface area contributed by atoms with E-state index < -0.39 is 0 Å². The molecule has 2 rings (SSSR count). The maximum Gasteiger partial charge on any atom is 0.0457 e. The standard InChI is InChI=1S/C16H19ClN2/c1-11(2)19-9-14-5-4-13(8-16(14)17)15-10-18-7-6-12(15)3/h4-8,10-11,19H,9H2,1-3H3. The molecule has 0 spiro atoms. The van der Waals surface area contributed by atoms with Crippen molar-refractivity contribution in [3.8, 4) is 11.1 Å². The second kappa shape index (κ2) is 6.18. The van der Waals surface area contributed by atoms with Crippen LogP contribution in [-0.4, -0.2) is 11.0 Å². The first kappa shape index (κ1) is 14.0. The van der Waals surface area contributed by atoms with Crippen LogP contribution >= 0.6 is 11.6 Å². The quantitative estimate of drug-likeness (QED) is 0.903. The normalized spacial score (nSPS) is 11.0. The van der Waals surface area contributed by atoms with Gasteiger partial charge in [-0.15, -0.1) is 0 Å². The maximum absolute atomic E-state index is 6.35. The first-order valence-electron chi connectivity index (χ1n) is 6.50. The average molecular weight is 275 g/mol. The molecule has 1 N–H and O–H groups in total. The number of halogens is 1. The summed E-state index contributed by atoms with van der Waals surface area (Å²) in [4.78, 5) is 4.18. The van der Waals surface area contributed by atoms with Crippen LogP contribution < -0.4 is 5.32 Å². The van der Waals surface area contributed by atoms with Gasteiger partial charge in [-0.25, -0.2) is 0 Å². The smallest absolute Gasteiger partial charge is 0.0457 e. The average Bonchev–Trinajstić information content (AvgIpc) is 2.37. The van der Waals surface area contributed by atoms with Crippen molar-refractivity contribution >= 4 is 11.6 Å². The predicted molar refractivity (Wildman–Crippen MR) is 81.4 cm³/mol. The Morgan fingerprint density at radius 1 is 1.26 bits per heavy atom. The number of nitrogens with one attached hydrogen (secondary N) is 1. The highest BCUT2D eigenvalue weighted by Gasteiger charge is 2.06. The summed E-state index contributed by atoms with van der Waals surface area (Å²) >= 11 is 6.35. The largest absolute Gasteiger partial charge is 0.310 e. The van der Waals surface area contributed by atoms with Crippen LogP contribution in [0.2, 0.25) is 5.02 Å². The van der Waals surface area contributed by atoms with Crippen molar-refractivity contribution < 1.29 is 0 Å². The first-order chi connectivity index (χ1) is 9.08. The molecular weight excluding hydrogens is 256 g/mol. The minimum absolute atomic E-state index is 0.455. The van der Waals surface area contributed by atoms with Gasteiger partial charge in [-0.1, -0.05) is 37.6 Å². The maximum atomic E-state index is 6.35. The van der Waals surface area contributed by atoms with E-state index in [1.165, 1.54) is 5.56 Å². The fourth-order valence-electron chi connectivity index (χ4n) is 1.94. The molecule has 2 aromatic rings. The lowest BCUT2D eigenvalue weighted by Crippen LogP contribution is -2.21. The molecule has 1 heterocycles. The molecule has 0 fully saturated rings. The van der Waals surface area contributed by atoms with Gasteiger partial charge in [0.15, 0.2) is 0 Å². The molecule has 1 aromatic carbocycles. The molecule has 19 heavy (non-hydrogen) atoms. The van der Waals surface area contributed by atoms with Gasteiger partial charge in [0, 0.05) is 35.6 Å². The van der Waals surface area contributed by atoms with E-state index in [2.05, 4.69) is 43.2 Å². The van der Waals surface area contributed by atoms with Crippen molar-refractivity contribution in [2.45, 2.75) is 33.4 Å². The lowest BCUT2D eigenvalue weighted by Gasteiger charge is -2.11. The molecule has 0 aliphatic carbocycles. The van der Waals surface area contributed by atoms with Gasteiger partial charge in [0.1, 0.15) is 0 Å². The molecule has 0 bridgehead atoms. The van der Waals surface area contributed by atoms with Gasteiger partial charge in [-0.2, -0.15) is 0 Å². The fourth-order valence-corrected chi connectivity index (χ4v) is 2.19. The van der Waals surface area contributed by atoms with Crippen molar-refractivity contribution in [2.24, 2.45) is 0 Å². The van der Waals surface area contributed by atoms with Gasteiger partial charge in [0.25, 0.3) is 0 Å². The number of hydrogen-bond donors (Lipinski definition) is 1. The second-order valence-corrected chi connectivity index (χ2v) is 5.44. The van der Waals surface area contributed by atoms with Gasteiger partial charge in [0.05, 0.1) is 0 Å². The van der Waals surface area contributed by atoms with E-state index >= 15 is 0 Å². The van der Waals surface area contributed by atoms with Gasteiger partial charge in [-0.05, 0) is 35.7 Å². The lowest BCUT2D eigenvalue weighted by molar-refractivity contribution is 0.589. The third-order valence-corrected chi connectivity index (χ3v) is 3.46. The molecule has 0 aliphatic rings. The molecule has 0 aliphatic heterocycles. The van der Waals surface area contributed by atoms with Gasteiger partial charge in [0.2, 0.25) is 0 Å². The van der Waals surface area contributed by atoms with E-state index in [-0.39, 0.29) is 0 Å². The number of hydrogen-bond acceptors (Lipinski definition) is 2. The van der Waals surface area contributed by atoms with E-state index in [9.17, 15) is 0 Å². The number of benzene rings is 1. The van der Waals surface area contributed by atoms with E-state index in [4.69, 9.17) is 11.6 Å². The van der Waals surface area contributed by atoms with Crippen molar-refractivity contribution in [2.75, 3.05) is 0 Å². The van der Waals surface area contributed by atoms with Gasteiger partial charge in [-0.3, -0.25) is 4.98 Å². The van der Waals surface area contributed by atoms with Crippen molar-refractivity contribution in [1.29, 1.82) is 0 Å². The van der Waals surface area contributed by atoms with Crippen molar-refractivity contribution in [3.63, 3.8) is 0 Å². The molecule has 100 valence electrons. The number of pyridine rings is 1.